The van der Waals surface area contributed by atoms with Crippen LogP contribution in [0.2, 0.25) is 0 Å². The van der Waals surface area contributed by atoms with Gasteiger partial charge in [-0.3, -0.25) is 0 Å². The van der Waals surface area contributed by atoms with Crippen molar-refractivity contribution in [1.29, 1.82) is 0 Å². The van der Waals surface area contributed by atoms with Crippen LogP contribution < -0.4 is 14.2 Å². The largest absolute Gasteiger partial charge is 0.505 e. The second-order valence-electron chi connectivity index (χ2n) is 11.2. The van der Waals surface area contributed by atoms with E-state index in [1.165, 1.54) is 36.4 Å². The van der Waals surface area contributed by atoms with Crippen LogP contribution in [0, 0.1) is 40.8 Å². The van der Waals surface area contributed by atoms with E-state index in [1.807, 2.05) is 0 Å². The van der Waals surface area contributed by atoms with Crippen molar-refractivity contribution in [1.82, 2.24) is 0 Å². The molecule has 0 saturated heterocycles. The van der Waals surface area contributed by atoms with Gasteiger partial charge in [-0.2, -0.15) is 8.78 Å². The smallest absolute Gasteiger partial charge is 0.201 e. The molecule has 0 aromatic heterocycles. The third-order valence-electron chi connectivity index (χ3n) is 7.85. The molecule has 1 N–H and O–H groups in total. The molecule has 256 valence electrons. The molecule has 1 atom stereocenters. The fourth-order valence-corrected chi connectivity index (χ4v) is 5.33. The van der Waals surface area contributed by atoms with Crippen molar-refractivity contribution in [3.8, 4) is 45.3 Å². The Balaban J connectivity index is 1.17. The summed E-state index contributed by atoms with van der Waals surface area (Å²) in [4.78, 5) is 11.2. The van der Waals surface area contributed by atoms with E-state index in [2.05, 4.69) is 0 Å². The first-order valence-corrected chi connectivity index (χ1v) is 15.7. The average molecular weight is 675 g/mol. The first kappa shape index (κ1) is 36.2. The summed E-state index contributed by atoms with van der Waals surface area (Å²) in [6.45, 7) is 2.39. The van der Waals surface area contributed by atoms with Gasteiger partial charge in [-0.1, -0.05) is 0 Å². The Labute approximate surface area is 275 Å². The van der Waals surface area contributed by atoms with Crippen molar-refractivity contribution in [3.63, 3.8) is 0 Å². The SMILES string of the molecule is CCOc1ccc(-c2ccc(OCCCCC(CC=O)CCCCOc3ccc(-c4ccc(O)c(F)c4F)c(F)c3)cc2F)c(F)c1F. The molecule has 0 bridgehead atoms. The molecular weight excluding hydrogens is 638 g/mol. The topological polar surface area (TPSA) is 65.0 Å². The molecule has 0 fully saturated rings. The zero-order chi connectivity index (χ0) is 34.6. The van der Waals surface area contributed by atoms with E-state index in [9.17, 15) is 36.2 Å². The third-order valence-corrected chi connectivity index (χ3v) is 7.85. The number of unbranched alkanes of at least 4 members (excludes halogenated alkanes) is 2. The molecule has 0 spiro atoms. The van der Waals surface area contributed by atoms with Gasteiger partial charge in [0.25, 0.3) is 0 Å². The van der Waals surface area contributed by atoms with Crippen LogP contribution in [0.3, 0.4) is 0 Å². The molecule has 0 aliphatic rings. The van der Waals surface area contributed by atoms with Crippen LogP contribution in [0.25, 0.3) is 22.3 Å². The van der Waals surface area contributed by atoms with Crippen LogP contribution in [0.4, 0.5) is 26.3 Å². The molecule has 1 unspecified atom stereocenters. The lowest BCUT2D eigenvalue weighted by atomic mass is 9.93. The van der Waals surface area contributed by atoms with E-state index in [1.54, 1.807) is 6.92 Å². The molecule has 0 aliphatic carbocycles. The second-order valence-corrected chi connectivity index (χ2v) is 11.2. The summed E-state index contributed by atoms with van der Waals surface area (Å²) >= 11 is 0. The minimum absolute atomic E-state index is 0.103. The zero-order valence-corrected chi connectivity index (χ0v) is 26.3. The number of halogens is 6. The maximum Gasteiger partial charge on any atom is 0.201 e. The Morgan fingerprint density at radius 1 is 0.625 bits per heavy atom. The number of phenolic OH excluding ortho intramolecular Hbond substituents is 1. The first-order chi connectivity index (χ1) is 23.1. The molecule has 0 aliphatic heterocycles. The third kappa shape index (κ3) is 9.23. The van der Waals surface area contributed by atoms with Crippen LogP contribution in [0.5, 0.6) is 23.0 Å². The predicted molar refractivity (Wildman–Crippen MR) is 169 cm³/mol. The van der Waals surface area contributed by atoms with Gasteiger partial charge in [0.15, 0.2) is 23.1 Å². The quantitative estimate of drug-likeness (QED) is 0.0647. The number of hydrogen-bond acceptors (Lipinski definition) is 5. The Kier molecular flexibility index (Phi) is 13.2. The van der Waals surface area contributed by atoms with Crippen molar-refractivity contribution in [2.24, 2.45) is 5.92 Å². The summed E-state index contributed by atoms with van der Waals surface area (Å²) in [6, 6.07) is 12.3. The fourth-order valence-electron chi connectivity index (χ4n) is 5.33. The Bertz CT molecular complexity index is 1700. The van der Waals surface area contributed by atoms with Gasteiger partial charge in [-0.15, -0.1) is 0 Å². The number of phenols is 1. The van der Waals surface area contributed by atoms with Gasteiger partial charge in [0.1, 0.15) is 29.4 Å². The van der Waals surface area contributed by atoms with Crippen LogP contribution >= 0.6 is 0 Å². The van der Waals surface area contributed by atoms with E-state index >= 15 is 0 Å². The van der Waals surface area contributed by atoms with Crippen LogP contribution in [-0.4, -0.2) is 31.2 Å². The van der Waals surface area contributed by atoms with E-state index in [0.29, 0.717) is 25.9 Å². The normalized spacial score (nSPS) is 11.7. The number of aromatic hydroxyl groups is 1. The molecule has 4 aromatic rings. The highest BCUT2D eigenvalue weighted by atomic mass is 19.2. The lowest BCUT2D eigenvalue weighted by molar-refractivity contribution is -0.108. The van der Waals surface area contributed by atoms with E-state index in [4.69, 9.17) is 14.2 Å². The van der Waals surface area contributed by atoms with Crippen molar-refractivity contribution in [2.75, 3.05) is 19.8 Å². The molecule has 4 aromatic carbocycles. The average Bonchev–Trinajstić information content (AvgIpc) is 3.06. The van der Waals surface area contributed by atoms with Gasteiger partial charge in [0, 0.05) is 40.8 Å². The van der Waals surface area contributed by atoms with Crippen molar-refractivity contribution < 1.29 is 50.5 Å². The monoisotopic (exact) mass is 674 g/mol. The Morgan fingerprint density at radius 3 is 1.62 bits per heavy atom. The second kappa shape index (κ2) is 17.5. The number of carbonyl (C=O) groups excluding carboxylic acids is 1. The maximum absolute atomic E-state index is 14.8. The number of hydrogen-bond donors (Lipinski definition) is 1. The summed E-state index contributed by atoms with van der Waals surface area (Å²) in [5.41, 5.74) is -0.809. The number of carbonyl (C=O) groups is 1. The van der Waals surface area contributed by atoms with E-state index < -0.39 is 40.7 Å². The Morgan fingerprint density at radius 2 is 1.12 bits per heavy atom. The van der Waals surface area contributed by atoms with Crippen molar-refractivity contribution in [3.05, 3.63) is 95.6 Å². The lowest BCUT2D eigenvalue weighted by Gasteiger charge is -2.15. The van der Waals surface area contributed by atoms with Gasteiger partial charge in [-0.25, -0.2) is 17.6 Å². The molecule has 0 saturated carbocycles. The minimum atomic E-state index is -1.45. The standard InChI is InChI=1S/C37H36F6O5/c1-2-46-33-16-14-29(35(41)37(33)43)27-12-10-25(22-31(27)39)48-20-6-4-8-23(17-18-44)7-3-5-19-47-24-9-11-26(30(38)21-24)28-13-15-32(45)36(42)34(28)40/h9-16,18,21-23,45H,2-8,17,19-20H2,1H3. The molecule has 11 heteroatoms. The highest BCUT2D eigenvalue weighted by Gasteiger charge is 2.19. The van der Waals surface area contributed by atoms with Gasteiger partial charge >= 0.3 is 0 Å². The highest BCUT2D eigenvalue weighted by molar-refractivity contribution is 5.68. The van der Waals surface area contributed by atoms with Gasteiger partial charge in [0.2, 0.25) is 11.6 Å². The van der Waals surface area contributed by atoms with E-state index in [0.717, 1.165) is 56.2 Å². The molecule has 4 rings (SSSR count). The van der Waals surface area contributed by atoms with E-state index in [-0.39, 0.29) is 58.6 Å². The molecule has 5 nitrogen and oxygen atoms in total. The minimum Gasteiger partial charge on any atom is -0.505 e. The fraction of sp³-hybridized carbons (Fsp3) is 0.324. The van der Waals surface area contributed by atoms with Gasteiger partial charge in [-0.05, 0) is 99.9 Å². The predicted octanol–water partition coefficient (Wildman–Crippen LogP) is 9.96. The van der Waals surface area contributed by atoms with Crippen LogP contribution in [-0.2, 0) is 4.79 Å². The zero-order valence-electron chi connectivity index (χ0n) is 26.3. The summed E-state index contributed by atoms with van der Waals surface area (Å²) in [7, 11) is 0. The number of ether oxygens (including phenoxy) is 3. The van der Waals surface area contributed by atoms with Crippen LogP contribution in [0.15, 0.2) is 60.7 Å². The maximum atomic E-state index is 14.8. The summed E-state index contributed by atoms with van der Waals surface area (Å²) < 4.78 is 102. The number of rotatable bonds is 18. The first-order valence-electron chi connectivity index (χ1n) is 15.7. The number of aldehydes is 1. The van der Waals surface area contributed by atoms with Gasteiger partial charge in [0.05, 0.1) is 19.8 Å². The molecule has 0 amide bonds. The summed E-state index contributed by atoms with van der Waals surface area (Å²) in [6.07, 6.45) is 5.67. The molecular formula is C37H36F6O5. The summed E-state index contributed by atoms with van der Waals surface area (Å²) in [5.74, 6) is -7.20. The van der Waals surface area contributed by atoms with Crippen molar-refractivity contribution >= 4 is 6.29 Å². The molecule has 48 heavy (non-hydrogen) atoms. The highest BCUT2D eigenvalue weighted by Crippen LogP contribution is 2.34. The Hall–Kier alpha value is -4.67. The number of benzene rings is 4. The lowest BCUT2D eigenvalue weighted by Crippen LogP contribution is -2.05. The van der Waals surface area contributed by atoms with Crippen molar-refractivity contribution in [2.45, 2.75) is 51.9 Å². The molecule has 0 heterocycles. The summed E-state index contributed by atoms with van der Waals surface area (Å²) in [5, 5.41) is 9.28. The molecule has 0 radical (unpaired) electrons. The van der Waals surface area contributed by atoms with Gasteiger partial charge < -0.3 is 24.1 Å². The van der Waals surface area contributed by atoms with Crippen LogP contribution in [0.1, 0.15) is 51.9 Å².